The fourth-order valence-corrected chi connectivity index (χ4v) is 3.82. The number of anilines is 1. The van der Waals surface area contributed by atoms with Crippen LogP contribution >= 0.6 is 0 Å². The Morgan fingerprint density at radius 2 is 2.00 bits per heavy atom. The number of rotatable bonds is 3. The highest BCUT2D eigenvalue weighted by Crippen LogP contribution is 2.27. The molecular formula is C19H26N4O2. The van der Waals surface area contributed by atoms with E-state index in [2.05, 4.69) is 32.1 Å². The summed E-state index contributed by atoms with van der Waals surface area (Å²) in [6.45, 7) is 9.49. The van der Waals surface area contributed by atoms with Crippen molar-refractivity contribution < 1.29 is 9.15 Å². The van der Waals surface area contributed by atoms with Crippen molar-refractivity contribution in [1.29, 1.82) is 0 Å². The molecule has 0 radical (unpaired) electrons. The number of aryl methyl sites for hydroxylation is 2. The van der Waals surface area contributed by atoms with Crippen LogP contribution in [0.1, 0.15) is 23.6 Å². The van der Waals surface area contributed by atoms with Gasteiger partial charge in [-0.3, -0.25) is 4.90 Å². The Morgan fingerprint density at radius 1 is 1.08 bits per heavy atom. The Balaban J connectivity index is 1.39. The number of piperidine rings is 1. The van der Waals surface area contributed by atoms with Gasteiger partial charge in [0.05, 0.1) is 24.9 Å². The minimum atomic E-state index is 0.285. The predicted molar refractivity (Wildman–Crippen MR) is 95.6 cm³/mol. The van der Waals surface area contributed by atoms with E-state index in [4.69, 9.17) is 9.15 Å². The third-order valence-electron chi connectivity index (χ3n) is 5.21. The second-order valence-electron chi connectivity index (χ2n) is 7.18. The lowest BCUT2D eigenvalue weighted by atomic mass is 9.93. The molecule has 4 rings (SSSR count). The molecule has 2 fully saturated rings. The maximum atomic E-state index is 6.19. The number of aromatic nitrogens is 2. The normalized spacial score (nSPS) is 24.8. The molecule has 134 valence electrons. The lowest BCUT2D eigenvalue weighted by molar-refractivity contribution is -0.0253. The summed E-state index contributed by atoms with van der Waals surface area (Å²) in [6.07, 6.45) is 1.42. The Kier molecular flexibility index (Phi) is 4.72. The third kappa shape index (κ3) is 3.85. The standard InChI is InChI=1S/C19H26N4O2/c1-14-3-6-19(21-20-14)23-9-10-24-18-13-22(8-7-16(18)11-23)12-17-5-4-15(2)25-17/h3-6,16,18H,7-13H2,1-2H3/t16-,18-/m0/s1. The van der Waals surface area contributed by atoms with E-state index in [1.807, 2.05) is 26.0 Å². The molecule has 0 unspecified atom stereocenters. The van der Waals surface area contributed by atoms with Crippen LogP contribution in [-0.2, 0) is 11.3 Å². The fourth-order valence-electron chi connectivity index (χ4n) is 3.82. The molecule has 2 saturated heterocycles. The third-order valence-corrected chi connectivity index (χ3v) is 5.21. The molecule has 2 aromatic rings. The first kappa shape index (κ1) is 16.5. The van der Waals surface area contributed by atoms with Crippen molar-refractivity contribution >= 4 is 5.82 Å². The highest BCUT2D eigenvalue weighted by atomic mass is 16.5. The number of hydrogen-bond acceptors (Lipinski definition) is 6. The molecule has 0 N–H and O–H groups in total. The number of ether oxygens (including phenoxy) is 1. The second kappa shape index (κ2) is 7.14. The molecule has 2 aliphatic heterocycles. The average Bonchev–Trinajstić information content (AvgIpc) is 2.89. The van der Waals surface area contributed by atoms with E-state index in [0.717, 1.165) is 68.8 Å². The van der Waals surface area contributed by atoms with Crippen LogP contribution in [0.25, 0.3) is 0 Å². The van der Waals surface area contributed by atoms with Gasteiger partial charge < -0.3 is 14.1 Å². The minimum absolute atomic E-state index is 0.285. The molecule has 0 aliphatic carbocycles. The Bertz CT molecular complexity index is 700. The van der Waals surface area contributed by atoms with Crippen LogP contribution in [0.3, 0.4) is 0 Å². The van der Waals surface area contributed by atoms with Gasteiger partial charge in [-0.2, -0.15) is 5.10 Å². The molecule has 0 spiro atoms. The summed E-state index contributed by atoms with van der Waals surface area (Å²) in [5.41, 5.74) is 0.953. The van der Waals surface area contributed by atoms with Gasteiger partial charge in [0, 0.05) is 25.6 Å². The Morgan fingerprint density at radius 3 is 2.76 bits per heavy atom. The first-order valence-electron chi connectivity index (χ1n) is 9.12. The SMILES string of the molecule is Cc1ccc(N2CCO[C@H]3CN(Cc4ccc(C)o4)CC[C@H]3C2)nn1. The highest BCUT2D eigenvalue weighted by molar-refractivity contribution is 5.37. The lowest BCUT2D eigenvalue weighted by Gasteiger charge is -2.37. The largest absolute Gasteiger partial charge is 0.465 e. The highest BCUT2D eigenvalue weighted by Gasteiger charge is 2.34. The van der Waals surface area contributed by atoms with Crippen LogP contribution in [0.5, 0.6) is 0 Å². The van der Waals surface area contributed by atoms with E-state index < -0.39 is 0 Å². The van der Waals surface area contributed by atoms with Crippen molar-refractivity contribution in [2.24, 2.45) is 5.92 Å². The molecular weight excluding hydrogens is 316 g/mol. The molecule has 0 bridgehead atoms. The number of hydrogen-bond donors (Lipinski definition) is 0. The molecule has 2 atom stereocenters. The quantitative estimate of drug-likeness (QED) is 0.854. The van der Waals surface area contributed by atoms with Crippen LogP contribution < -0.4 is 4.90 Å². The van der Waals surface area contributed by atoms with Crippen molar-refractivity contribution in [3.05, 3.63) is 41.5 Å². The predicted octanol–water partition coefficient (Wildman–Crippen LogP) is 2.41. The van der Waals surface area contributed by atoms with Gasteiger partial charge in [-0.25, -0.2) is 0 Å². The van der Waals surface area contributed by atoms with Gasteiger partial charge >= 0.3 is 0 Å². The molecule has 0 saturated carbocycles. The van der Waals surface area contributed by atoms with Gasteiger partial charge in [0.15, 0.2) is 5.82 Å². The molecule has 2 aromatic heterocycles. The molecule has 2 aliphatic rings. The molecule has 0 amide bonds. The van der Waals surface area contributed by atoms with E-state index >= 15 is 0 Å². The summed E-state index contributed by atoms with van der Waals surface area (Å²) in [7, 11) is 0. The van der Waals surface area contributed by atoms with Crippen molar-refractivity contribution in [3.8, 4) is 0 Å². The first-order valence-corrected chi connectivity index (χ1v) is 9.12. The first-order chi connectivity index (χ1) is 12.2. The topological polar surface area (TPSA) is 54.6 Å². The van der Waals surface area contributed by atoms with E-state index in [1.165, 1.54) is 0 Å². The average molecular weight is 342 g/mol. The number of furan rings is 1. The molecule has 6 heteroatoms. The smallest absolute Gasteiger partial charge is 0.151 e. The van der Waals surface area contributed by atoms with Gasteiger partial charge in [-0.05, 0) is 51.1 Å². The van der Waals surface area contributed by atoms with E-state index in [9.17, 15) is 0 Å². The fraction of sp³-hybridized carbons (Fsp3) is 0.579. The monoisotopic (exact) mass is 342 g/mol. The lowest BCUT2D eigenvalue weighted by Crippen LogP contribution is -2.46. The van der Waals surface area contributed by atoms with Gasteiger partial charge in [-0.1, -0.05) is 0 Å². The molecule has 6 nitrogen and oxygen atoms in total. The van der Waals surface area contributed by atoms with Crippen LogP contribution in [-0.4, -0.2) is 54.0 Å². The molecule has 25 heavy (non-hydrogen) atoms. The van der Waals surface area contributed by atoms with Crippen LogP contribution in [0.2, 0.25) is 0 Å². The van der Waals surface area contributed by atoms with Crippen molar-refractivity contribution in [1.82, 2.24) is 15.1 Å². The van der Waals surface area contributed by atoms with E-state index in [-0.39, 0.29) is 6.10 Å². The van der Waals surface area contributed by atoms with Gasteiger partial charge in [0.2, 0.25) is 0 Å². The van der Waals surface area contributed by atoms with Gasteiger partial charge in [0.25, 0.3) is 0 Å². The van der Waals surface area contributed by atoms with E-state index in [1.54, 1.807) is 0 Å². The summed E-state index contributed by atoms with van der Waals surface area (Å²) >= 11 is 0. The van der Waals surface area contributed by atoms with Gasteiger partial charge in [-0.15, -0.1) is 5.10 Å². The number of nitrogens with zero attached hydrogens (tertiary/aromatic N) is 4. The van der Waals surface area contributed by atoms with Crippen LogP contribution in [0.4, 0.5) is 5.82 Å². The van der Waals surface area contributed by atoms with Gasteiger partial charge in [0.1, 0.15) is 11.5 Å². The van der Waals surface area contributed by atoms with Crippen molar-refractivity contribution in [2.75, 3.05) is 37.7 Å². The second-order valence-corrected chi connectivity index (χ2v) is 7.18. The Hall–Kier alpha value is -1.92. The van der Waals surface area contributed by atoms with Crippen molar-refractivity contribution in [2.45, 2.75) is 32.9 Å². The van der Waals surface area contributed by atoms with Crippen LogP contribution in [0, 0.1) is 19.8 Å². The number of likely N-dealkylation sites (tertiary alicyclic amines) is 1. The summed E-state index contributed by atoms with van der Waals surface area (Å²) in [4.78, 5) is 4.77. The summed E-state index contributed by atoms with van der Waals surface area (Å²) in [5, 5.41) is 8.55. The summed E-state index contributed by atoms with van der Waals surface area (Å²) < 4.78 is 11.9. The maximum absolute atomic E-state index is 6.19. The summed E-state index contributed by atoms with van der Waals surface area (Å²) in [5.74, 6) is 3.52. The zero-order valence-corrected chi connectivity index (χ0v) is 15.0. The van der Waals surface area contributed by atoms with E-state index in [0.29, 0.717) is 5.92 Å². The minimum Gasteiger partial charge on any atom is -0.465 e. The Labute approximate surface area is 148 Å². The maximum Gasteiger partial charge on any atom is 0.151 e. The molecule has 0 aromatic carbocycles. The molecule has 4 heterocycles. The number of fused-ring (bicyclic) bond motifs is 1. The summed E-state index contributed by atoms with van der Waals surface area (Å²) in [6, 6.07) is 8.20. The zero-order chi connectivity index (χ0) is 17.2. The zero-order valence-electron chi connectivity index (χ0n) is 15.0. The van der Waals surface area contributed by atoms with Crippen LogP contribution in [0.15, 0.2) is 28.7 Å². The van der Waals surface area contributed by atoms with Crippen molar-refractivity contribution in [3.63, 3.8) is 0 Å².